The number of ether oxygens (including phenoxy) is 2. The number of rotatable bonds is 10. The first-order chi connectivity index (χ1) is 18.7. The van der Waals surface area contributed by atoms with E-state index in [2.05, 4.69) is 102 Å². The maximum atomic E-state index is 12.9. The van der Waals surface area contributed by atoms with Crippen molar-refractivity contribution in [2.75, 3.05) is 13.2 Å². The minimum atomic E-state index is -0.612. The van der Waals surface area contributed by atoms with Crippen molar-refractivity contribution < 1.29 is 23.9 Å². The lowest BCUT2D eigenvalue weighted by Gasteiger charge is -2.57. The van der Waals surface area contributed by atoms with Crippen molar-refractivity contribution in [1.29, 1.82) is 0 Å². The van der Waals surface area contributed by atoms with Gasteiger partial charge in [0.15, 0.2) is 0 Å². The summed E-state index contributed by atoms with van der Waals surface area (Å²) in [6, 6.07) is 0. The first-order valence-corrected chi connectivity index (χ1v) is 16.4. The van der Waals surface area contributed by atoms with E-state index in [1.165, 1.54) is 0 Å². The van der Waals surface area contributed by atoms with Crippen molar-refractivity contribution in [2.24, 2.45) is 43.3 Å². The summed E-state index contributed by atoms with van der Waals surface area (Å²) in [6.45, 7) is 33.0. The van der Waals surface area contributed by atoms with Gasteiger partial charge in [-0.1, -0.05) is 96.9 Å². The summed E-state index contributed by atoms with van der Waals surface area (Å²) in [7, 11) is 0. The molecule has 0 aromatic heterocycles. The zero-order valence-corrected chi connectivity index (χ0v) is 29.6. The molecule has 0 aliphatic carbocycles. The molecule has 3 fully saturated rings. The van der Waals surface area contributed by atoms with Crippen molar-refractivity contribution in [1.82, 2.24) is 5.32 Å². The first-order valence-electron chi connectivity index (χ1n) is 16.4. The Morgan fingerprint density at radius 2 is 1.07 bits per heavy atom. The van der Waals surface area contributed by atoms with Crippen molar-refractivity contribution in [2.45, 2.75) is 154 Å². The number of esters is 2. The Hall–Kier alpha value is -1.59. The lowest BCUT2D eigenvalue weighted by Crippen LogP contribution is -2.57. The Balaban J connectivity index is 1.91. The van der Waals surface area contributed by atoms with Gasteiger partial charge in [-0.05, 0) is 53.8 Å². The Morgan fingerprint density at radius 3 is 1.40 bits per heavy atom. The van der Waals surface area contributed by atoms with Crippen LogP contribution in [0.3, 0.4) is 0 Å². The predicted molar refractivity (Wildman–Crippen MR) is 169 cm³/mol. The molecule has 0 saturated carbocycles. The summed E-state index contributed by atoms with van der Waals surface area (Å²) in [4.78, 5) is 37.9. The molecule has 0 radical (unpaired) electrons. The Bertz CT molecular complexity index is 997. The molecule has 3 aliphatic rings. The fraction of sp³-hybridized carbons (Fsp3) is 0.917. The first kappa shape index (κ1) is 34.9. The van der Waals surface area contributed by atoms with Crippen molar-refractivity contribution in [3.05, 3.63) is 0 Å². The third kappa shape index (κ3) is 5.44. The lowest BCUT2D eigenvalue weighted by molar-refractivity contribution is -0.190. The highest BCUT2D eigenvalue weighted by Gasteiger charge is 2.63. The molecular weight excluding hydrogens is 526 g/mol. The van der Waals surface area contributed by atoms with Gasteiger partial charge in [0.1, 0.15) is 5.60 Å². The van der Waals surface area contributed by atoms with Crippen LogP contribution in [0, 0.1) is 43.3 Å². The molecule has 0 spiro atoms. The van der Waals surface area contributed by atoms with Gasteiger partial charge >= 0.3 is 11.9 Å². The number of nitrogens with one attached hydrogen (secondary N) is 1. The normalized spacial score (nSPS) is 30.0. The van der Waals surface area contributed by atoms with E-state index in [0.717, 1.165) is 25.7 Å². The van der Waals surface area contributed by atoms with Gasteiger partial charge in [0, 0.05) is 41.0 Å². The Kier molecular flexibility index (Phi) is 8.72. The van der Waals surface area contributed by atoms with E-state index in [9.17, 15) is 14.4 Å². The minimum Gasteiger partial charge on any atom is -0.465 e. The average Bonchev–Trinajstić information content (AvgIpc) is 3.54. The molecule has 3 heterocycles. The molecule has 3 saturated heterocycles. The van der Waals surface area contributed by atoms with Crippen LogP contribution in [0.5, 0.6) is 0 Å². The average molecular weight is 590 g/mol. The van der Waals surface area contributed by atoms with Gasteiger partial charge < -0.3 is 14.8 Å². The molecule has 3 aliphatic heterocycles. The van der Waals surface area contributed by atoms with Gasteiger partial charge in [-0.15, -0.1) is 0 Å². The standard InChI is InChI=1S/C36H63NO5/c1-28(2,3)34(21-25(38)37-23-34)30(7,8)17-19-32(11,12)36(16-15-26(39)42-36)33(13,14)20-18-31(9,10)35(29(4,5)6)22-27(40)41-24-35/h15-24H2,1-14H3,(H,37,38)/t34?,35-,36?/m0/s1. The predicted octanol–water partition coefficient (Wildman–Crippen LogP) is 8.26. The van der Waals surface area contributed by atoms with Gasteiger partial charge in [0.25, 0.3) is 0 Å². The fourth-order valence-corrected chi connectivity index (χ4v) is 9.73. The quantitative estimate of drug-likeness (QED) is 0.259. The maximum Gasteiger partial charge on any atom is 0.306 e. The van der Waals surface area contributed by atoms with Crippen molar-refractivity contribution >= 4 is 17.8 Å². The molecule has 1 N–H and O–H groups in total. The van der Waals surface area contributed by atoms with Gasteiger partial charge in [0.05, 0.1) is 13.0 Å². The zero-order chi connectivity index (χ0) is 32.4. The highest BCUT2D eigenvalue weighted by molar-refractivity contribution is 5.79. The van der Waals surface area contributed by atoms with E-state index in [1.54, 1.807) is 0 Å². The third-order valence-electron chi connectivity index (χ3n) is 13.3. The van der Waals surface area contributed by atoms with Gasteiger partial charge in [-0.2, -0.15) is 0 Å². The molecule has 2 unspecified atom stereocenters. The van der Waals surface area contributed by atoms with Crippen LogP contribution >= 0.6 is 0 Å². The zero-order valence-electron chi connectivity index (χ0n) is 29.6. The molecular formula is C36H63NO5. The van der Waals surface area contributed by atoms with Crippen LogP contribution in [0.4, 0.5) is 0 Å². The molecule has 0 aromatic carbocycles. The van der Waals surface area contributed by atoms with E-state index >= 15 is 0 Å². The third-order valence-corrected chi connectivity index (χ3v) is 13.3. The second kappa shape index (κ2) is 10.5. The summed E-state index contributed by atoms with van der Waals surface area (Å²) in [5.74, 6) is -0.0636. The lowest BCUT2D eigenvalue weighted by atomic mass is 9.49. The molecule has 1 amide bonds. The molecule has 3 atom stereocenters. The summed E-state index contributed by atoms with van der Waals surface area (Å²) in [6.07, 6.45) is 5.73. The second-order valence-electron chi connectivity index (χ2n) is 18.8. The molecule has 6 heteroatoms. The smallest absolute Gasteiger partial charge is 0.306 e. The molecule has 0 bridgehead atoms. The minimum absolute atomic E-state index is 0.0451. The highest BCUT2D eigenvalue weighted by Crippen LogP contribution is 2.63. The van der Waals surface area contributed by atoms with E-state index in [-0.39, 0.29) is 61.2 Å². The van der Waals surface area contributed by atoms with Crippen LogP contribution < -0.4 is 5.32 Å². The van der Waals surface area contributed by atoms with Crippen LogP contribution in [0.15, 0.2) is 0 Å². The van der Waals surface area contributed by atoms with E-state index in [1.807, 2.05) is 0 Å². The maximum absolute atomic E-state index is 12.9. The van der Waals surface area contributed by atoms with Crippen LogP contribution in [-0.2, 0) is 23.9 Å². The highest BCUT2D eigenvalue weighted by atomic mass is 16.6. The summed E-state index contributed by atoms with van der Waals surface area (Å²) >= 11 is 0. The molecule has 0 aromatic rings. The number of cyclic esters (lactones) is 2. The molecule has 42 heavy (non-hydrogen) atoms. The summed E-state index contributed by atoms with van der Waals surface area (Å²) in [5, 5.41) is 3.14. The second-order valence-corrected chi connectivity index (χ2v) is 18.8. The Morgan fingerprint density at radius 1 is 0.619 bits per heavy atom. The number of amides is 1. The van der Waals surface area contributed by atoms with Gasteiger partial charge in [-0.3, -0.25) is 14.4 Å². The van der Waals surface area contributed by atoms with Crippen molar-refractivity contribution in [3.63, 3.8) is 0 Å². The fourth-order valence-electron chi connectivity index (χ4n) is 9.73. The van der Waals surface area contributed by atoms with Crippen LogP contribution in [0.25, 0.3) is 0 Å². The SMILES string of the molecule is CC(C)(C)C1(C(C)(C)CCC(C)(C)C2(C(C)(C)CCC(C)(C)[C@]3(C(C)(C)C)COC(=O)C3)CCC(=O)O2)CNC(=O)C1. The topological polar surface area (TPSA) is 81.7 Å². The molecule has 242 valence electrons. The van der Waals surface area contributed by atoms with Crippen LogP contribution in [-0.4, -0.2) is 36.6 Å². The number of hydrogen-bond acceptors (Lipinski definition) is 5. The number of carbonyl (C=O) groups excluding carboxylic acids is 3. The Labute approximate surface area is 257 Å². The van der Waals surface area contributed by atoms with Gasteiger partial charge in [0.2, 0.25) is 5.91 Å². The summed E-state index contributed by atoms with van der Waals surface area (Å²) < 4.78 is 12.1. The van der Waals surface area contributed by atoms with Gasteiger partial charge in [-0.25, -0.2) is 0 Å². The van der Waals surface area contributed by atoms with E-state index < -0.39 is 5.60 Å². The summed E-state index contributed by atoms with van der Waals surface area (Å²) in [5.41, 5.74) is -2.03. The van der Waals surface area contributed by atoms with Crippen LogP contribution in [0.2, 0.25) is 0 Å². The molecule has 6 nitrogen and oxygen atoms in total. The van der Waals surface area contributed by atoms with Crippen LogP contribution in [0.1, 0.15) is 148 Å². The number of hydrogen-bond donors (Lipinski definition) is 1. The number of carbonyl (C=O) groups is 3. The van der Waals surface area contributed by atoms with Crippen molar-refractivity contribution in [3.8, 4) is 0 Å². The van der Waals surface area contributed by atoms with E-state index in [4.69, 9.17) is 9.47 Å². The van der Waals surface area contributed by atoms with E-state index in [0.29, 0.717) is 38.8 Å². The largest absolute Gasteiger partial charge is 0.465 e. The monoisotopic (exact) mass is 589 g/mol. The molecule has 3 rings (SSSR count).